The van der Waals surface area contributed by atoms with Crippen LogP contribution in [-0.2, 0) is 13.1 Å². The molecule has 0 aliphatic heterocycles. The maximum atomic E-state index is 12.7. The number of aliphatic imine (C=N–C) groups is 1. The quantitative estimate of drug-likeness (QED) is 0.342. The van der Waals surface area contributed by atoms with Gasteiger partial charge in [0, 0.05) is 25.2 Å². The third-order valence-electron chi connectivity index (χ3n) is 3.17. The summed E-state index contributed by atoms with van der Waals surface area (Å²) in [6.07, 6.45) is 1.47. The van der Waals surface area contributed by atoms with Gasteiger partial charge in [-0.3, -0.25) is 4.99 Å². The molecule has 0 bridgehead atoms. The zero-order chi connectivity index (χ0) is 18.1. The molecule has 0 aliphatic carbocycles. The van der Waals surface area contributed by atoms with Crippen LogP contribution in [0.3, 0.4) is 0 Å². The van der Waals surface area contributed by atoms with Crippen molar-refractivity contribution in [2.75, 3.05) is 13.7 Å². The number of benzene rings is 1. The Kier molecular flexibility index (Phi) is 9.70. The van der Waals surface area contributed by atoms with Gasteiger partial charge in [-0.25, -0.2) is 0 Å². The van der Waals surface area contributed by atoms with Gasteiger partial charge in [-0.2, -0.15) is 8.78 Å². The number of halogens is 3. The van der Waals surface area contributed by atoms with E-state index in [-0.39, 0.29) is 42.0 Å². The molecule has 26 heavy (non-hydrogen) atoms. The molecule has 1 aromatic carbocycles. The van der Waals surface area contributed by atoms with E-state index in [4.69, 9.17) is 9.26 Å². The molecule has 0 saturated heterocycles. The Morgan fingerprint density at radius 2 is 2.04 bits per heavy atom. The molecule has 0 atom stereocenters. The van der Waals surface area contributed by atoms with Crippen LogP contribution in [0, 0.1) is 0 Å². The zero-order valence-corrected chi connectivity index (χ0v) is 16.7. The fourth-order valence-electron chi connectivity index (χ4n) is 2.10. The molecular formula is C16H21F2IN4O3. The highest BCUT2D eigenvalue weighted by molar-refractivity contribution is 14.0. The molecule has 1 heterocycles. The van der Waals surface area contributed by atoms with Gasteiger partial charge in [0.05, 0.1) is 13.2 Å². The van der Waals surface area contributed by atoms with Crippen molar-refractivity contribution in [3.8, 4) is 11.5 Å². The number of hydrogen-bond donors (Lipinski definition) is 2. The van der Waals surface area contributed by atoms with Crippen LogP contribution in [0.5, 0.6) is 11.5 Å². The number of alkyl halides is 2. The average Bonchev–Trinajstić information content (AvgIpc) is 3.10. The molecule has 0 amide bonds. The first kappa shape index (κ1) is 21.9. The first-order chi connectivity index (χ1) is 12.1. The summed E-state index contributed by atoms with van der Waals surface area (Å²) < 4.78 is 40.2. The van der Waals surface area contributed by atoms with Crippen molar-refractivity contribution in [1.82, 2.24) is 15.8 Å². The highest BCUT2D eigenvalue weighted by Gasteiger charge is 2.16. The summed E-state index contributed by atoms with van der Waals surface area (Å²) >= 11 is 0. The lowest BCUT2D eigenvalue weighted by molar-refractivity contribution is -0.0520. The molecule has 0 unspecified atom stereocenters. The number of ether oxygens (including phenoxy) is 2. The van der Waals surface area contributed by atoms with E-state index < -0.39 is 6.61 Å². The molecule has 1 aromatic heterocycles. The van der Waals surface area contributed by atoms with E-state index in [1.807, 2.05) is 0 Å². The van der Waals surface area contributed by atoms with E-state index in [9.17, 15) is 8.78 Å². The fourth-order valence-corrected chi connectivity index (χ4v) is 2.10. The SMILES string of the molecule is CCOc1cccc(CNC(=NC)NCc2ccon2)c1OC(F)F.I. The van der Waals surface area contributed by atoms with Gasteiger partial charge < -0.3 is 24.6 Å². The molecule has 2 aromatic rings. The zero-order valence-electron chi connectivity index (χ0n) is 14.4. The third kappa shape index (κ3) is 6.65. The van der Waals surface area contributed by atoms with E-state index in [0.717, 1.165) is 0 Å². The van der Waals surface area contributed by atoms with E-state index in [2.05, 4.69) is 25.5 Å². The van der Waals surface area contributed by atoms with Gasteiger partial charge in [-0.1, -0.05) is 17.3 Å². The molecule has 144 valence electrons. The lowest BCUT2D eigenvalue weighted by atomic mass is 10.2. The minimum Gasteiger partial charge on any atom is -0.490 e. The standard InChI is InChI=1S/C16H20F2N4O3.HI/c1-3-23-13-6-4-5-11(14(13)25-15(17)18)9-20-16(19-2)21-10-12-7-8-24-22-12;/h4-8,15H,3,9-10H2,1-2H3,(H2,19,20,21);1H. The van der Waals surface area contributed by atoms with Crippen LogP contribution >= 0.6 is 24.0 Å². The van der Waals surface area contributed by atoms with E-state index >= 15 is 0 Å². The van der Waals surface area contributed by atoms with Gasteiger partial charge in [0.25, 0.3) is 0 Å². The van der Waals surface area contributed by atoms with Crippen molar-refractivity contribution in [3.63, 3.8) is 0 Å². The monoisotopic (exact) mass is 482 g/mol. The molecule has 2 rings (SSSR count). The Labute approximate surface area is 167 Å². The molecular weight excluding hydrogens is 461 g/mol. The van der Waals surface area contributed by atoms with Gasteiger partial charge in [0.15, 0.2) is 17.5 Å². The van der Waals surface area contributed by atoms with Crippen molar-refractivity contribution >= 4 is 29.9 Å². The number of aromatic nitrogens is 1. The summed E-state index contributed by atoms with van der Waals surface area (Å²) in [5.74, 6) is 0.763. The Bertz CT molecular complexity index is 684. The van der Waals surface area contributed by atoms with Gasteiger partial charge in [0.2, 0.25) is 0 Å². The number of guanidine groups is 1. The molecule has 0 fully saturated rings. The van der Waals surface area contributed by atoms with Crippen LogP contribution in [0.4, 0.5) is 8.78 Å². The molecule has 7 nitrogen and oxygen atoms in total. The molecule has 0 spiro atoms. The summed E-state index contributed by atoms with van der Waals surface area (Å²) in [7, 11) is 1.60. The van der Waals surface area contributed by atoms with Crippen LogP contribution in [-0.4, -0.2) is 31.4 Å². The number of nitrogens with zero attached hydrogens (tertiary/aromatic N) is 2. The normalized spacial score (nSPS) is 11.0. The third-order valence-corrected chi connectivity index (χ3v) is 3.17. The van der Waals surface area contributed by atoms with Crippen LogP contribution < -0.4 is 20.1 Å². The topological polar surface area (TPSA) is 80.9 Å². The first-order valence-electron chi connectivity index (χ1n) is 7.67. The highest BCUT2D eigenvalue weighted by atomic mass is 127. The molecule has 10 heteroatoms. The van der Waals surface area contributed by atoms with Crippen LogP contribution in [0.25, 0.3) is 0 Å². The molecule has 0 aliphatic rings. The number of rotatable bonds is 8. The minimum atomic E-state index is -2.94. The molecule has 0 radical (unpaired) electrons. The number of para-hydroxylation sites is 1. The predicted octanol–water partition coefficient (Wildman–Crippen LogP) is 3.16. The highest BCUT2D eigenvalue weighted by Crippen LogP contribution is 2.32. The lowest BCUT2D eigenvalue weighted by Crippen LogP contribution is -2.36. The van der Waals surface area contributed by atoms with Gasteiger partial charge in [0.1, 0.15) is 12.0 Å². The lowest BCUT2D eigenvalue weighted by Gasteiger charge is -2.17. The maximum absolute atomic E-state index is 12.7. The number of nitrogens with one attached hydrogen (secondary N) is 2. The number of hydrogen-bond acceptors (Lipinski definition) is 5. The Morgan fingerprint density at radius 3 is 2.65 bits per heavy atom. The Hall–Kier alpha value is -2.11. The van der Waals surface area contributed by atoms with E-state index in [1.54, 1.807) is 38.2 Å². The Morgan fingerprint density at radius 1 is 1.27 bits per heavy atom. The molecule has 0 saturated carbocycles. The second kappa shape index (κ2) is 11.5. The smallest absolute Gasteiger partial charge is 0.387 e. The van der Waals surface area contributed by atoms with Gasteiger partial charge in [-0.05, 0) is 13.0 Å². The first-order valence-corrected chi connectivity index (χ1v) is 7.67. The van der Waals surface area contributed by atoms with Crippen molar-refractivity contribution < 1.29 is 22.8 Å². The van der Waals surface area contributed by atoms with Gasteiger partial charge in [-0.15, -0.1) is 24.0 Å². The van der Waals surface area contributed by atoms with Crippen molar-refractivity contribution in [2.24, 2.45) is 4.99 Å². The van der Waals surface area contributed by atoms with Crippen LogP contribution in [0.15, 0.2) is 40.0 Å². The van der Waals surface area contributed by atoms with Crippen molar-refractivity contribution in [3.05, 3.63) is 41.8 Å². The fraction of sp³-hybridized carbons (Fsp3) is 0.375. The Balaban J connectivity index is 0.00000338. The summed E-state index contributed by atoms with van der Waals surface area (Å²) in [4.78, 5) is 4.07. The largest absolute Gasteiger partial charge is 0.490 e. The summed E-state index contributed by atoms with van der Waals surface area (Å²) in [5, 5.41) is 9.85. The van der Waals surface area contributed by atoms with E-state index in [0.29, 0.717) is 30.4 Å². The maximum Gasteiger partial charge on any atom is 0.387 e. The van der Waals surface area contributed by atoms with E-state index in [1.165, 1.54) is 6.26 Å². The van der Waals surface area contributed by atoms with Gasteiger partial charge >= 0.3 is 6.61 Å². The van der Waals surface area contributed by atoms with Crippen molar-refractivity contribution in [1.29, 1.82) is 0 Å². The van der Waals surface area contributed by atoms with Crippen LogP contribution in [0.2, 0.25) is 0 Å². The second-order valence-corrected chi connectivity index (χ2v) is 4.83. The second-order valence-electron chi connectivity index (χ2n) is 4.83. The predicted molar refractivity (Wildman–Crippen MR) is 103 cm³/mol. The summed E-state index contributed by atoms with van der Waals surface area (Å²) in [6.45, 7) is -0.189. The van der Waals surface area contributed by atoms with Crippen LogP contribution in [0.1, 0.15) is 18.2 Å². The summed E-state index contributed by atoms with van der Waals surface area (Å²) in [5.41, 5.74) is 1.23. The molecule has 2 N–H and O–H groups in total. The van der Waals surface area contributed by atoms with Crippen molar-refractivity contribution in [2.45, 2.75) is 26.6 Å². The minimum absolute atomic E-state index is 0. The average molecular weight is 482 g/mol. The summed E-state index contributed by atoms with van der Waals surface area (Å²) in [6, 6.07) is 6.70.